The van der Waals surface area contributed by atoms with Crippen molar-refractivity contribution in [1.29, 1.82) is 0 Å². The van der Waals surface area contributed by atoms with E-state index in [0.717, 1.165) is 11.8 Å². The molecule has 0 fully saturated rings. The van der Waals surface area contributed by atoms with Gasteiger partial charge in [-0.15, -0.1) is 16.6 Å². The van der Waals surface area contributed by atoms with Crippen LogP contribution in [0.3, 0.4) is 0 Å². The Morgan fingerprint density at radius 3 is 2.44 bits per heavy atom. The van der Waals surface area contributed by atoms with Crippen LogP contribution in [0.5, 0.6) is 23.0 Å². The molecule has 0 spiro atoms. The summed E-state index contributed by atoms with van der Waals surface area (Å²) in [6.45, 7) is 0.0798. The highest BCUT2D eigenvalue weighted by Crippen LogP contribution is 2.37. The lowest BCUT2D eigenvalue weighted by molar-refractivity contribution is -0.131. The van der Waals surface area contributed by atoms with E-state index in [9.17, 15) is 9.90 Å². The van der Waals surface area contributed by atoms with Crippen molar-refractivity contribution in [3.05, 3.63) is 44.4 Å². The Labute approximate surface area is 213 Å². The molecule has 0 amide bonds. The van der Waals surface area contributed by atoms with Gasteiger partial charge in [0.1, 0.15) is 23.0 Å². The Hall–Kier alpha value is -3.37. The number of nitrogens with zero attached hydrogens (tertiary/aromatic N) is 2. The van der Waals surface area contributed by atoms with Crippen LogP contribution in [-0.2, 0) is 4.79 Å². The van der Waals surface area contributed by atoms with Crippen molar-refractivity contribution in [3.8, 4) is 46.8 Å². The van der Waals surface area contributed by atoms with Gasteiger partial charge in [-0.05, 0) is 70.3 Å². The Morgan fingerprint density at radius 2 is 1.85 bits per heavy atom. The number of hydrogen-bond acceptors (Lipinski definition) is 9. The third-order valence-corrected chi connectivity index (χ3v) is 5.92. The molecule has 0 saturated heterocycles. The summed E-state index contributed by atoms with van der Waals surface area (Å²) in [5, 5.41) is 17.8. The summed E-state index contributed by atoms with van der Waals surface area (Å²) in [4.78, 5) is 11.9. The van der Waals surface area contributed by atoms with Gasteiger partial charge < -0.3 is 28.5 Å². The molecule has 1 N–H and O–H groups in total. The van der Waals surface area contributed by atoms with E-state index in [0.29, 0.717) is 37.7 Å². The number of rotatable bonds is 10. The predicted octanol–water partition coefficient (Wildman–Crippen LogP) is 4.60. The van der Waals surface area contributed by atoms with E-state index >= 15 is 0 Å². The fourth-order valence-electron chi connectivity index (χ4n) is 2.76. The van der Waals surface area contributed by atoms with Crippen molar-refractivity contribution in [2.45, 2.75) is 5.22 Å². The molecule has 11 heteroatoms. The molecule has 9 nitrogen and oxygen atoms in total. The number of halogens is 1. The van der Waals surface area contributed by atoms with Gasteiger partial charge in [-0.25, -0.2) is 4.79 Å². The van der Waals surface area contributed by atoms with Gasteiger partial charge in [0.05, 0.1) is 24.9 Å². The standard InChI is InChI=1S/C23H19IN2O7S/c1-5-6-32-20-17(24)7-13(8-18(20)31-4)9-19(22(27)28)34-23-26-25-21(33-23)14-10-15(29-2)12-16(11-14)30-3/h1,7-12H,6H2,2-4H3,(H,27,28)/b19-9-. The fourth-order valence-corrected chi connectivity index (χ4v) is 4.21. The molecule has 1 aromatic heterocycles. The van der Waals surface area contributed by atoms with E-state index in [4.69, 9.17) is 29.8 Å². The number of terminal acetylenes is 1. The number of carboxylic acid groups (broad SMARTS) is 1. The second-order valence-electron chi connectivity index (χ2n) is 6.42. The summed E-state index contributed by atoms with van der Waals surface area (Å²) in [5.74, 6) is 3.44. The highest BCUT2D eigenvalue weighted by Gasteiger charge is 2.18. The molecule has 3 aromatic rings. The molecule has 0 aliphatic rings. The molecule has 0 unspecified atom stereocenters. The van der Waals surface area contributed by atoms with Gasteiger partial charge in [-0.3, -0.25) is 0 Å². The Morgan fingerprint density at radius 1 is 1.15 bits per heavy atom. The molecule has 0 radical (unpaired) electrons. The average molecular weight is 594 g/mol. The summed E-state index contributed by atoms with van der Waals surface area (Å²) in [6, 6.07) is 8.52. The molecule has 1 heterocycles. The molecule has 34 heavy (non-hydrogen) atoms. The molecule has 0 aliphatic heterocycles. The molecule has 0 bridgehead atoms. The van der Waals surface area contributed by atoms with Crippen molar-refractivity contribution < 1.29 is 33.3 Å². The van der Waals surface area contributed by atoms with E-state index in [1.165, 1.54) is 27.4 Å². The monoisotopic (exact) mass is 594 g/mol. The summed E-state index contributed by atoms with van der Waals surface area (Å²) < 4.78 is 27.8. The summed E-state index contributed by atoms with van der Waals surface area (Å²) in [7, 11) is 4.55. The van der Waals surface area contributed by atoms with Crippen LogP contribution in [0.2, 0.25) is 0 Å². The minimum absolute atomic E-state index is 0.0337. The van der Waals surface area contributed by atoms with Gasteiger partial charge in [-0.2, -0.15) is 0 Å². The minimum atomic E-state index is -1.16. The SMILES string of the molecule is C#CCOc1c(I)cc(/C=C(\Sc2nnc(-c3cc(OC)cc(OC)c3)o2)C(=O)O)cc1OC. The van der Waals surface area contributed by atoms with Gasteiger partial charge >= 0.3 is 5.97 Å². The quantitative estimate of drug-likeness (QED) is 0.155. The first-order valence-corrected chi connectivity index (χ1v) is 11.4. The molecule has 2 aromatic carbocycles. The molecule has 0 saturated carbocycles. The molecule has 0 aliphatic carbocycles. The van der Waals surface area contributed by atoms with Gasteiger partial charge in [0, 0.05) is 11.6 Å². The lowest BCUT2D eigenvalue weighted by atomic mass is 10.2. The smallest absolute Gasteiger partial charge is 0.342 e. The number of thioether (sulfide) groups is 1. The maximum atomic E-state index is 11.9. The van der Waals surface area contributed by atoms with Crippen molar-refractivity contribution in [3.63, 3.8) is 0 Å². The van der Waals surface area contributed by atoms with Crippen LogP contribution in [0.4, 0.5) is 0 Å². The lowest BCUT2D eigenvalue weighted by Crippen LogP contribution is -2.00. The van der Waals surface area contributed by atoms with E-state index in [1.54, 1.807) is 30.3 Å². The third-order valence-electron chi connectivity index (χ3n) is 4.26. The molecular formula is C23H19IN2O7S. The summed E-state index contributed by atoms with van der Waals surface area (Å²) >= 11 is 2.89. The van der Waals surface area contributed by atoms with Crippen LogP contribution >= 0.6 is 34.4 Å². The number of carbonyl (C=O) groups is 1. The summed E-state index contributed by atoms with van der Waals surface area (Å²) in [6.07, 6.45) is 6.73. The minimum Gasteiger partial charge on any atom is -0.497 e. The highest BCUT2D eigenvalue weighted by atomic mass is 127. The van der Waals surface area contributed by atoms with Crippen molar-refractivity contribution in [2.24, 2.45) is 0 Å². The number of carboxylic acids is 1. The number of methoxy groups -OCH3 is 3. The number of hydrogen-bond donors (Lipinski definition) is 1. The third kappa shape index (κ3) is 6.15. The Bertz CT molecular complexity index is 1240. The molecule has 0 atom stereocenters. The first-order valence-electron chi connectivity index (χ1n) is 9.52. The van der Waals surface area contributed by atoms with Crippen LogP contribution < -0.4 is 18.9 Å². The second kappa shape index (κ2) is 11.7. The zero-order valence-corrected chi connectivity index (χ0v) is 21.3. The van der Waals surface area contributed by atoms with Crippen LogP contribution in [0.25, 0.3) is 17.5 Å². The van der Waals surface area contributed by atoms with E-state index < -0.39 is 5.97 Å². The van der Waals surface area contributed by atoms with E-state index in [1.807, 2.05) is 0 Å². The molecule has 3 rings (SSSR count). The van der Waals surface area contributed by atoms with E-state index in [-0.39, 0.29) is 22.6 Å². The Balaban J connectivity index is 1.90. The number of ether oxygens (including phenoxy) is 4. The zero-order valence-electron chi connectivity index (χ0n) is 18.3. The number of aromatic nitrogens is 2. The number of benzene rings is 2. The summed E-state index contributed by atoms with van der Waals surface area (Å²) in [5.41, 5.74) is 1.15. The average Bonchev–Trinajstić information content (AvgIpc) is 3.30. The van der Waals surface area contributed by atoms with Crippen LogP contribution in [0.15, 0.2) is 44.9 Å². The first-order chi connectivity index (χ1) is 16.4. The van der Waals surface area contributed by atoms with Crippen LogP contribution in [-0.4, -0.2) is 49.2 Å². The van der Waals surface area contributed by atoms with Gasteiger partial charge in [0.25, 0.3) is 5.22 Å². The molecule has 176 valence electrons. The molecular weight excluding hydrogens is 575 g/mol. The van der Waals surface area contributed by atoms with E-state index in [2.05, 4.69) is 38.7 Å². The van der Waals surface area contributed by atoms with Gasteiger partial charge in [0.15, 0.2) is 11.5 Å². The maximum absolute atomic E-state index is 11.9. The van der Waals surface area contributed by atoms with Crippen LogP contribution in [0.1, 0.15) is 5.56 Å². The van der Waals surface area contributed by atoms with Crippen molar-refractivity contribution >= 4 is 46.4 Å². The second-order valence-corrected chi connectivity index (χ2v) is 8.57. The topological polar surface area (TPSA) is 113 Å². The normalized spacial score (nSPS) is 11.0. The Kier molecular flexibility index (Phi) is 8.67. The van der Waals surface area contributed by atoms with Crippen LogP contribution in [0, 0.1) is 15.9 Å². The van der Waals surface area contributed by atoms with Gasteiger partial charge in [-0.1, -0.05) is 5.92 Å². The van der Waals surface area contributed by atoms with Gasteiger partial charge in [0.2, 0.25) is 5.89 Å². The largest absolute Gasteiger partial charge is 0.497 e. The number of aliphatic carboxylic acids is 1. The predicted molar refractivity (Wildman–Crippen MR) is 134 cm³/mol. The van der Waals surface area contributed by atoms with Crippen molar-refractivity contribution in [1.82, 2.24) is 10.2 Å². The lowest BCUT2D eigenvalue weighted by Gasteiger charge is -2.12. The maximum Gasteiger partial charge on any atom is 0.342 e. The van der Waals surface area contributed by atoms with Crippen molar-refractivity contribution in [2.75, 3.05) is 27.9 Å². The fraction of sp³-hybridized carbons (Fsp3) is 0.174. The highest BCUT2D eigenvalue weighted by molar-refractivity contribution is 14.1. The first kappa shape index (κ1) is 25.3. The zero-order chi connectivity index (χ0) is 24.7.